The van der Waals surface area contributed by atoms with E-state index in [0.29, 0.717) is 18.5 Å². The molecule has 2 N–H and O–H groups in total. The molecule has 0 aliphatic carbocycles. The Hall–Kier alpha value is -2.37. The maximum absolute atomic E-state index is 12.2. The summed E-state index contributed by atoms with van der Waals surface area (Å²) in [6, 6.07) is 5.89. The summed E-state index contributed by atoms with van der Waals surface area (Å²) < 4.78 is 0. The summed E-state index contributed by atoms with van der Waals surface area (Å²) in [6.07, 6.45) is 0.345. The van der Waals surface area contributed by atoms with Gasteiger partial charge in [0, 0.05) is 26.1 Å². The van der Waals surface area contributed by atoms with E-state index in [2.05, 4.69) is 5.32 Å². The first kappa shape index (κ1) is 16.7. The molecule has 0 aliphatic heterocycles. The van der Waals surface area contributed by atoms with Crippen molar-refractivity contribution in [2.45, 2.75) is 32.9 Å². The third kappa shape index (κ3) is 4.59. The molecule has 1 rings (SSSR count). The van der Waals surface area contributed by atoms with E-state index in [0.717, 1.165) is 5.56 Å². The number of rotatable bonds is 6. The number of hydrogen-bond donors (Lipinski definition) is 2. The van der Waals surface area contributed by atoms with Crippen molar-refractivity contribution in [1.82, 2.24) is 10.2 Å². The van der Waals surface area contributed by atoms with Crippen LogP contribution in [0.4, 0.5) is 0 Å². The van der Waals surface area contributed by atoms with Crippen LogP contribution in [0.15, 0.2) is 24.3 Å². The van der Waals surface area contributed by atoms with E-state index < -0.39 is 12.0 Å². The maximum atomic E-state index is 12.2. The van der Waals surface area contributed by atoms with Crippen LogP contribution in [0.2, 0.25) is 0 Å². The van der Waals surface area contributed by atoms with Crippen molar-refractivity contribution in [3.8, 4) is 0 Å². The van der Waals surface area contributed by atoms with E-state index in [1.807, 2.05) is 0 Å². The summed E-state index contributed by atoms with van der Waals surface area (Å²) in [5.74, 6) is -1.48. The lowest BCUT2D eigenvalue weighted by atomic mass is 10.1. The highest BCUT2D eigenvalue weighted by molar-refractivity contribution is 5.96. The van der Waals surface area contributed by atoms with Gasteiger partial charge in [0.05, 0.1) is 0 Å². The van der Waals surface area contributed by atoms with Crippen molar-refractivity contribution >= 4 is 17.8 Å². The van der Waals surface area contributed by atoms with Crippen LogP contribution in [-0.4, -0.2) is 40.9 Å². The van der Waals surface area contributed by atoms with Gasteiger partial charge in [-0.05, 0) is 24.1 Å². The minimum Gasteiger partial charge on any atom is -0.480 e. The van der Waals surface area contributed by atoms with Crippen molar-refractivity contribution in [2.75, 3.05) is 7.05 Å². The second-order valence-electron chi connectivity index (χ2n) is 4.79. The Morgan fingerprint density at radius 1 is 1.24 bits per heavy atom. The van der Waals surface area contributed by atoms with Gasteiger partial charge in [0.2, 0.25) is 5.91 Å². The summed E-state index contributed by atoms with van der Waals surface area (Å²) in [4.78, 5) is 35.3. The lowest BCUT2D eigenvalue weighted by Gasteiger charge is -2.23. The molecular weight excluding hydrogens is 272 g/mol. The van der Waals surface area contributed by atoms with Crippen LogP contribution < -0.4 is 5.32 Å². The van der Waals surface area contributed by atoms with Gasteiger partial charge in [-0.2, -0.15) is 0 Å². The number of likely N-dealkylation sites (N-methyl/N-ethyl adjacent to an activating group) is 1. The molecule has 0 spiro atoms. The Morgan fingerprint density at radius 3 is 2.24 bits per heavy atom. The predicted molar refractivity (Wildman–Crippen MR) is 77.8 cm³/mol. The first-order valence-electron chi connectivity index (χ1n) is 6.70. The van der Waals surface area contributed by atoms with Crippen LogP contribution in [0.1, 0.15) is 36.2 Å². The smallest absolute Gasteiger partial charge is 0.326 e. The minimum absolute atomic E-state index is 0.123. The second-order valence-corrected chi connectivity index (χ2v) is 4.79. The van der Waals surface area contributed by atoms with Crippen LogP contribution in [-0.2, 0) is 16.1 Å². The van der Waals surface area contributed by atoms with E-state index in [-0.39, 0.29) is 11.8 Å². The average Bonchev–Trinajstić information content (AvgIpc) is 2.45. The Bertz CT molecular complexity index is 525. The number of carbonyl (C=O) groups is 3. The van der Waals surface area contributed by atoms with Gasteiger partial charge < -0.3 is 15.3 Å². The summed E-state index contributed by atoms with van der Waals surface area (Å²) in [5.41, 5.74) is 1.29. The molecule has 1 unspecified atom stereocenters. The number of nitrogens with one attached hydrogen (secondary N) is 1. The van der Waals surface area contributed by atoms with Crippen molar-refractivity contribution in [2.24, 2.45) is 0 Å². The molecule has 0 aliphatic rings. The lowest BCUT2D eigenvalue weighted by Crippen LogP contribution is -2.41. The number of aliphatic carboxylic acids is 1. The van der Waals surface area contributed by atoms with Gasteiger partial charge in [-0.1, -0.05) is 19.1 Å². The molecule has 6 nitrogen and oxygen atoms in total. The van der Waals surface area contributed by atoms with Gasteiger partial charge in [-0.3, -0.25) is 9.59 Å². The zero-order chi connectivity index (χ0) is 16.0. The number of benzene rings is 1. The monoisotopic (exact) mass is 292 g/mol. The molecule has 0 heterocycles. The van der Waals surface area contributed by atoms with Gasteiger partial charge >= 0.3 is 5.97 Å². The molecule has 21 heavy (non-hydrogen) atoms. The normalized spacial score (nSPS) is 11.6. The SMILES string of the molecule is CCC(C(=O)O)N(C)C(=O)c1ccc(CNC(C)=O)cc1. The molecule has 2 amide bonds. The number of carbonyl (C=O) groups excluding carboxylic acids is 2. The van der Waals surface area contributed by atoms with Crippen molar-refractivity contribution in [1.29, 1.82) is 0 Å². The Morgan fingerprint density at radius 2 is 1.81 bits per heavy atom. The molecule has 0 saturated heterocycles. The van der Waals surface area contributed by atoms with Crippen molar-refractivity contribution < 1.29 is 19.5 Å². The summed E-state index contributed by atoms with van der Waals surface area (Å²) in [7, 11) is 1.48. The van der Waals surface area contributed by atoms with Crippen LogP contribution in [0.3, 0.4) is 0 Å². The largest absolute Gasteiger partial charge is 0.480 e. The lowest BCUT2D eigenvalue weighted by molar-refractivity contribution is -0.142. The molecule has 0 aromatic heterocycles. The van der Waals surface area contributed by atoms with Crippen molar-refractivity contribution in [3.63, 3.8) is 0 Å². The molecule has 0 bridgehead atoms. The molecule has 1 aromatic carbocycles. The Balaban J connectivity index is 2.79. The third-order valence-electron chi connectivity index (χ3n) is 3.20. The summed E-state index contributed by atoms with van der Waals surface area (Å²) in [6.45, 7) is 3.55. The Kier molecular flexibility index (Phi) is 5.90. The number of carboxylic acid groups (broad SMARTS) is 1. The van der Waals surface area contributed by atoms with Gasteiger partial charge in [-0.15, -0.1) is 0 Å². The fraction of sp³-hybridized carbons (Fsp3) is 0.400. The highest BCUT2D eigenvalue weighted by Crippen LogP contribution is 2.11. The quantitative estimate of drug-likeness (QED) is 0.826. The zero-order valence-corrected chi connectivity index (χ0v) is 12.4. The topological polar surface area (TPSA) is 86.7 Å². The van der Waals surface area contributed by atoms with Crippen molar-refractivity contribution in [3.05, 3.63) is 35.4 Å². The van der Waals surface area contributed by atoms with Gasteiger partial charge in [0.15, 0.2) is 0 Å². The molecule has 0 saturated carbocycles. The fourth-order valence-corrected chi connectivity index (χ4v) is 1.95. The summed E-state index contributed by atoms with van der Waals surface area (Å²) in [5, 5.41) is 11.7. The van der Waals surface area contributed by atoms with Gasteiger partial charge in [0.25, 0.3) is 5.91 Å². The minimum atomic E-state index is -1.02. The second kappa shape index (κ2) is 7.42. The Labute approximate surface area is 123 Å². The highest BCUT2D eigenvalue weighted by atomic mass is 16.4. The maximum Gasteiger partial charge on any atom is 0.326 e. The summed E-state index contributed by atoms with van der Waals surface area (Å²) >= 11 is 0. The highest BCUT2D eigenvalue weighted by Gasteiger charge is 2.25. The first-order chi connectivity index (χ1) is 9.86. The molecule has 1 aromatic rings. The number of amides is 2. The predicted octanol–water partition coefficient (Wildman–Crippen LogP) is 1.26. The number of nitrogens with zero attached hydrogens (tertiary/aromatic N) is 1. The number of hydrogen-bond acceptors (Lipinski definition) is 3. The van der Waals surface area contributed by atoms with E-state index in [4.69, 9.17) is 5.11 Å². The van der Waals surface area contributed by atoms with Gasteiger partial charge in [0.1, 0.15) is 6.04 Å². The fourth-order valence-electron chi connectivity index (χ4n) is 1.95. The van der Waals surface area contributed by atoms with Crippen LogP contribution >= 0.6 is 0 Å². The zero-order valence-electron chi connectivity index (χ0n) is 12.4. The third-order valence-corrected chi connectivity index (χ3v) is 3.20. The average molecular weight is 292 g/mol. The van der Waals surface area contributed by atoms with E-state index in [1.54, 1.807) is 31.2 Å². The van der Waals surface area contributed by atoms with Crippen LogP contribution in [0, 0.1) is 0 Å². The molecule has 0 fully saturated rings. The number of carboxylic acids is 1. The molecule has 6 heteroatoms. The van der Waals surface area contributed by atoms with E-state index in [1.165, 1.54) is 18.9 Å². The van der Waals surface area contributed by atoms with E-state index in [9.17, 15) is 14.4 Å². The van der Waals surface area contributed by atoms with Crippen LogP contribution in [0.25, 0.3) is 0 Å². The molecule has 1 atom stereocenters. The molecule has 0 radical (unpaired) electrons. The molecule has 114 valence electrons. The van der Waals surface area contributed by atoms with E-state index >= 15 is 0 Å². The van der Waals surface area contributed by atoms with Crippen LogP contribution in [0.5, 0.6) is 0 Å². The first-order valence-corrected chi connectivity index (χ1v) is 6.70. The van der Waals surface area contributed by atoms with Gasteiger partial charge in [-0.25, -0.2) is 4.79 Å². The molecular formula is C15H20N2O4. The standard InChI is InChI=1S/C15H20N2O4/c1-4-13(15(20)21)17(3)14(19)12-7-5-11(6-8-12)9-16-10(2)18/h5-8,13H,4,9H2,1-3H3,(H,16,18)(H,20,21).